The van der Waals surface area contributed by atoms with Crippen LogP contribution in [0.25, 0.3) is 0 Å². The lowest BCUT2D eigenvalue weighted by Crippen LogP contribution is -2.36. The molecule has 19 heavy (non-hydrogen) atoms. The third-order valence-corrected chi connectivity index (χ3v) is 3.15. The molecule has 0 fully saturated rings. The molecule has 1 aromatic carbocycles. The lowest BCUT2D eigenvalue weighted by molar-refractivity contribution is -0.129. The van der Waals surface area contributed by atoms with Crippen LogP contribution in [-0.4, -0.2) is 30.4 Å². The second-order valence-corrected chi connectivity index (χ2v) is 5.05. The number of carbonyl (C=O) groups is 1. The average Bonchev–Trinajstić information content (AvgIpc) is 2.37. The van der Waals surface area contributed by atoms with Crippen LogP contribution in [0.5, 0.6) is 0 Å². The quantitative estimate of drug-likeness (QED) is 0.817. The summed E-state index contributed by atoms with van der Waals surface area (Å²) in [5, 5.41) is 3.25. The molecule has 0 heterocycles. The van der Waals surface area contributed by atoms with Crippen molar-refractivity contribution in [1.82, 2.24) is 4.90 Å². The van der Waals surface area contributed by atoms with E-state index in [9.17, 15) is 4.79 Å². The zero-order chi connectivity index (χ0) is 14.3. The van der Waals surface area contributed by atoms with Crippen LogP contribution in [0, 0.1) is 13.8 Å². The number of amides is 1. The van der Waals surface area contributed by atoms with E-state index in [4.69, 9.17) is 0 Å². The van der Waals surface area contributed by atoms with E-state index < -0.39 is 0 Å². The minimum Gasteiger partial charge on any atom is -0.376 e. The molecule has 0 atom stereocenters. The van der Waals surface area contributed by atoms with Gasteiger partial charge in [-0.1, -0.05) is 31.5 Å². The highest BCUT2D eigenvalue weighted by atomic mass is 16.2. The SMILES string of the molecule is CCCN(CCC)C(=O)CNc1ccc(C)cc1C. The number of rotatable bonds is 7. The van der Waals surface area contributed by atoms with Crippen molar-refractivity contribution < 1.29 is 4.79 Å². The molecule has 0 aliphatic carbocycles. The molecule has 0 saturated heterocycles. The molecule has 1 rings (SSSR count). The van der Waals surface area contributed by atoms with Gasteiger partial charge >= 0.3 is 0 Å². The van der Waals surface area contributed by atoms with Crippen molar-refractivity contribution >= 4 is 11.6 Å². The molecule has 0 unspecified atom stereocenters. The maximum absolute atomic E-state index is 12.1. The van der Waals surface area contributed by atoms with Gasteiger partial charge < -0.3 is 10.2 Å². The van der Waals surface area contributed by atoms with Gasteiger partial charge in [0.15, 0.2) is 0 Å². The number of nitrogens with zero attached hydrogens (tertiary/aromatic N) is 1. The minimum absolute atomic E-state index is 0.184. The number of benzene rings is 1. The number of carbonyl (C=O) groups excluding carboxylic acids is 1. The summed E-state index contributed by atoms with van der Waals surface area (Å²) in [4.78, 5) is 14.1. The second-order valence-electron chi connectivity index (χ2n) is 5.05. The Bertz CT molecular complexity index is 409. The Morgan fingerprint density at radius 3 is 2.32 bits per heavy atom. The van der Waals surface area contributed by atoms with Crippen LogP contribution < -0.4 is 5.32 Å². The van der Waals surface area contributed by atoms with Crippen molar-refractivity contribution in [2.75, 3.05) is 25.0 Å². The van der Waals surface area contributed by atoms with E-state index in [-0.39, 0.29) is 5.91 Å². The normalized spacial score (nSPS) is 10.3. The van der Waals surface area contributed by atoms with Crippen molar-refractivity contribution in [2.45, 2.75) is 40.5 Å². The fourth-order valence-electron chi connectivity index (χ4n) is 2.20. The molecule has 0 aliphatic heterocycles. The van der Waals surface area contributed by atoms with Crippen molar-refractivity contribution in [1.29, 1.82) is 0 Å². The second kappa shape index (κ2) is 7.82. The van der Waals surface area contributed by atoms with Crippen LogP contribution in [0.2, 0.25) is 0 Å². The van der Waals surface area contributed by atoms with E-state index in [1.165, 1.54) is 11.1 Å². The van der Waals surface area contributed by atoms with Gasteiger partial charge in [0.25, 0.3) is 0 Å². The predicted octanol–water partition coefficient (Wildman–Crippen LogP) is 3.36. The molecular formula is C16H26N2O. The lowest BCUT2D eigenvalue weighted by Gasteiger charge is -2.22. The first-order valence-electron chi connectivity index (χ1n) is 7.17. The van der Waals surface area contributed by atoms with Crippen molar-refractivity contribution in [2.24, 2.45) is 0 Å². The molecule has 0 aliphatic rings. The molecule has 0 radical (unpaired) electrons. The Kier molecular flexibility index (Phi) is 6.40. The molecular weight excluding hydrogens is 236 g/mol. The van der Waals surface area contributed by atoms with E-state index >= 15 is 0 Å². The van der Waals surface area contributed by atoms with Gasteiger partial charge in [-0.25, -0.2) is 0 Å². The van der Waals surface area contributed by atoms with Crippen molar-refractivity contribution in [3.8, 4) is 0 Å². The molecule has 0 aromatic heterocycles. The zero-order valence-electron chi connectivity index (χ0n) is 12.6. The Hall–Kier alpha value is -1.51. The predicted molar refractivity (Wildman–Crippen MR) is 81.6 cm³/mol. The van der Waals surface area contributed by atoms with Gasteiger partial charge in [0, 0.05) is 18.8 Å². The Morgan fingerprint density at radius 2 is 1.79 bits per heavy atom. The summed E-state index contributed by atoms with van der Waals surface area (Å²) in [5.74, 6) is 0.184. The highest BCUT2D eigenvalue weighted by Crippen LogP contribution is 2.15. The molecule has 3 heteroatoms. The highest BCUT2D eigenvalue weighted by molar-refractivity contribution is 5.81. The van der Waals surface area contributed by atoms with E-state index in [2.05, 4.69) is 45.1 Å². The number of nitrogens with one attached hydrogen (secondary N) is 1. The standard InChI is InChI=1S/C16H26N2O/c1-5-9-18(10-6-2)16(19)12-17-15-8-7-13(3)11-14(15)4/h7-8,11,17H,5-6,9-10,12H2,1-4H3. The number of anilines is 1. The van der Waals surface area contributed by atoms with Crippen molar-refractivity contribution in [3.63, 3.8) is 0 Å². The number of hydrogen-bond donors (Lipinski definition) is 1. The maximum atomic E-state index is 12.1. The maximum Gasteiger partial charge on any atom is 0.241 e. The molecule has 1 aromatic rings. The first-order valence-corrected chi connectivity index (χ1v) is 7.17. The average molecular weight is 262 g/mol. The van der Waals surface area contributed by atoms with E-state index in [1.54, 1.807) is 0 Å². The molecule has 0 saturated carbocycles. The zero-order valence-corrected chi connectivity index (χ0v) is 12.6. The molecule has 1 N–H and O–H groups in total. The van der Waals surface area contributed by atoms with Gasteiger partial charge in [-0.15, -0.1) is 0 Å². The summed E-state index contributed by atoms with van der Waals surface area (Å²) in [6, 6.07) is 6.24. The summed E-state index contributed by atoms with van der Waals surface area (Å²) in [5.41, 5.74) is 3.48. The van der Waals surface area contributed by atoms with Gasteiger partial charge in [-0.05, 0) is 38.3 Å². The third kappa shape index (κ3) is 4.93. The first kappa shape index (κ1) is 15.5. The van der Waals surface area contributed by atoms with Crippen LogP contribution >= 0.6 is 0 Å². The topological polar surface area (TPSA) is 32.3 Å². The van der Waals surface area contributed by atoms with Crippen LogP contribution in [0.1, 0.15) is 37.8 Å². The lowest BCUT2D eigenvalue weighted by atomic mass is 10.1. The monoisotopic (exact) mass is 262 g/mol. The third-order valence-electron chi connectivity index (χ3n) is 3.15. The number of aryl methyl sites for hydroxylation is 2. The molecule has 0 bridgehead atoms. The van der Waals surface area contributed by atoms with Gasteiger partial charge in [0.2, 0.25) is 5.91 Å². The summed E-state index contributed by atoms with van der Waals surface area (Å²) in [7, 11) is 0. The van der Waals surface area contributed by atoms with E-state index in [1.807, 2.05) is 11.0 Å². The fourth-order valence-corrected chi connectivity index (χ4v) is 2.20. The van der Waals surface area contributed by atoms with Gasteiger partial charge in [-0.3, -0.25) is 4.79 Å². The largest absolute Gasteiger partial charge is 0.376 e. The summed E-state index contributed by atoms with van der Waals surface area (Å²) >= 11 is 0. The van der Waals surface area contributed by atoms with Gasteiger partial charge in [0.1, 0.15) is 0 Å². The Labute approximate surface area is 117 Å². The van der Waals surface area contributed by atoms with Gasteiger partial charge in [0.05, 0.1) is 6.54 Å². The van der Waals surface area contributed by atoms with Crippen molar-refractivity contribution in [3.05, 3.63) is 29.3 Å². The van der Waals surface area contributed by atoms with Gasteiger partial charge in [-0.2, -0.15) is 0 Å². The summed E-state index contributed by atoms with van der Waals surface area (Å²) in [6.07, 6.45) is 2.02. The van der Waals surface area contributed by atoms with Crippen LogP contribution in [0.4, 0.5) is 5.69 Å². The smallest absolute Gasteiger partial charge is 0.241 e. The van der Waals surface area contributed by atoms with Crippen LogP contribution in [-0.2, 0) is 4.79 Å². The van der Waals surface area contributed by atoms with Crippen LogP contribution in [0.3, 0.4) is 0 Å². The van der Waals surface area contributed by atoms with E-state index in [0.29, 0.717) is 6.54 Å². The molecule has 106 valence electrons. The Balaban J connectivity index is 2.56. The fraction of sp³-hybridized carbons (Fsp3) is 0.562. The minimum atomic E-state index is 0.184. The summed E-state index contributed by atoms with van der Waals surface area (Å²) in [6.45, 7) is 10.4. The van der Waals surface area contributed by atoms with E-state index in [0.717, 1.165) is 31.6 Å². The number of hydrogen-bond acceptors (Lipinski definition) is 2. The summed E-state index contributed by atoms with van der Waals surface area (Å²) < 4.78 is 0. The molecule has 0 spiro atoms. The highest BCUT2D eigenvalue weighted by Gasteiger charge is 2.11. The molecule has 3 nitrogen and oxygen atoms in total. The Morgan fingerprint density at radius 1 is 1.16 bits per heavy atom. The van der Waals surface area contributed by atoms with Crippen LogP contribution in [0.15, 0.2) is 18.2 Å². The molecule has 1 amide bonds. The first-order chi connectivity index (χ1) is 9.08.